The molecule has 30 heavy (non-hydrogen) atoms. The average molecular weight is 430 g/mol. The fourth-order valence-corrected chi connectivity index (χ4v) is 4.19. The van der Waals surface area contributed by atoms with Gasteiger partial charge in [-0.2, -0.15) is 0 Å². The Bertz CT molecular complexity index is 878. The van der Waals surface area contributed by atoms with Gasteiger partial charge in [-0.1, -0.05) is 43.3 Å². The van der Waals surface area contributed by atoms with Crippen LogP contribution in [0.3, 0.4) is 0 Å². The quantitative estimate of drug-likeness (QED) is 0.489. The molecule has 8 heteroatoms. The second-order valence-corrected chi connectivity index (χ2v) is 9.02. The molecule has 1 aliphatic heterocycles. The zero-order chi connectivity index (χ0) is 21.7. The minimum atomic E-state index is -0.300. The molecule has 1 saturated heterocycles. The van der Waals surface area contributed by atoms with Crippen LogP contribution in [0.15, 0.2) is 29.4 Å². The monoisotopic (exact) mass is 429 g/mol. The molecule has 0 bridgehead atoms. The van der Waals surface area contributed by atoms with Gasteiger partial charge in [-0.3, -0.25) is 9.59 Å². The van der Waals surface area contributed by atoms with E-state index in [0.717, 1.165) is 41.6 Å². The minimum Gasteiger partial charge on any atom is -0.356 e. The minimum absolute atomic E-state index is 0.00499. The molecule has 0 saturated carbocycles. The molecule has 7 nitrogen and oxygen atoms in total. The van der Waals surface area contributed by atoms with Crippen LogP contribution < -0.4 is 10.2 Å². The van der Waals surface area contributed by atoms with E-state index in [1.54, 1.807) is 16.7 Å². The average Bonchev–Trinajstić information content (AvgIpc) is 3.28. The summed E-state index contributed by atoms with van der Waals surface area (Å²) in [5.74, 6) is 1.13. The van der Waals surface area contributed by atoms with Crippen molar-refractivity contribution in [1.29, 1.82) is 0 Å². The smallest absolute Gasteiger partial charge is 0.227 e. The molecule has 1 fully saturated rings. The lowest BCUT2D eigenvalue weighted by Crippen LogP contribution is -2.33. The Hall–Kier alpha value is -2.35. The lowest BCUT2D eigenvalue weighted by molar-refractivity contribution is -0.126. The highest BCUT2D eigenvalue weighted by atomic mass is 32.2. The van der Waals surface area contributed by atoms with Crippen LogP contribution in [0.4, 0.5) is 5.69 Å². The first-order chi connectivity index (χ1) is 14.4. The van der Waals surface area contributed by atoms with Gasteiger partial charge in [-0.25, -0.2) is 0 Å². The van der Waals surface area contributed by atoms with E-state index in [9.17, 15) is 9.59 Å². The predicted molar refractivity (Wildman–Crippen MR) is 120 cm³/mol. The molecule has 2 amide bonds. The predicted octanol–water partition coefficient (Wildman–Crippen LogP) is 3.07. The highest BCUT2D eigenvalue weighted by molar-refractivity contribution is 7.98. The molecule has 1 aromatic heterocycles. The van der Waals surface area contributed by atoms with Crippen molar-refractivity contribution < 1.29 is 9.59 Å². The molecular weight excluding hydrogens is 398 g/mol. The molecule has 1 aromatic carbocycles. The lowest BCUT2D eigenvalue weighted by atomic mass is 10.1. The summed E-state index contributed by atoms with van der Waals surface area (Å²) in [5.41, 5.74) is 2.00. The number of amides is 2. The number of benzene rings is 1. The van der Waals surface area contributed by atoms with Crippen LogP contribution in [0.25, 0.3) is 0 Å². The van der Waals surface area contributed by atoms with Crippen LogP contribution in [-0.4, -0.2) is 45.9 Å². The maximum Gasteiger partial charge on any atom is 0.227 e. The molecule has 2 aromatic rings. The van der Waals surface area contributed by atoms with E-state index in [-0.39, 0.29) is 24.2 Å². The number of rotatable bonds is 9. The topological polar surface area (TPSA) is 80.1 Å². The first-order valence-electron chi connectivity index (χ1n) is 10.5. The number of hydrogen-bond acceptors (Lipinski definition) is 5. The molecule has 0 aliphatic carbocycles. The van der Waals surface area contributed by atoms with Crippen molar-refractivity contribution in [3.05, 3.63) is 35.7 Å². The van der Waals surface area contributed by atoms with Crippen molar-refractivity contribution in [2.45, 2.75) is 51.7 Å². The van der Waals surface area contributed by atoms with Gasteiger partial charge >= 0.3 is 0 Å². The first-order valence-corrected chi connectivity index (χ1v) is 11.7. The SMILES string of the molecule is CSc1nnc(CCCNC(=O)C2CC(=O)N(c3ccc(C)cc3)C2)n1CC(C)C. The van der Waals surface area contributed by atoms with Gasteiger partial charge in [-0.15, -0.1) is 10.2 Å². The van der Waals surface area contributed by atoms with Crippen LogP contribution in [-0.2, 0) is 22.6 Å². The summed E-state index contributed by atoms with van der Waals surface area (Å²) < 4.78 is 2.17. The Morgan fingerprint density at radius 3 is 2.67 bits per heavy atom. The summed E-state index contributed by atoms with van der Waals surface area (Å²) in [5, 5.41) is 12.5. The Balaban J connectivity index is 1.48. The third-order valence-corrected chi connectivity index (χ3v) is 5.91. The van der Waals surface area contributed by atoms with Gasteiger partial charge < -0.3 is 14.8 Å². The Morgan fingerprint density at radius 2 is 2.00 bits per heavy atom. The van der Waals surface area contributed by atoms with Crippen molar-refractivity contribution in [3.8, 4) is 0 Å². The zero-order valence-electron chi connectivity index (χ0n) is 18.2. The van der Waals surface area contributed by atoms with Crippen LogP contribution in [0.5, 0.6) is 0 Å². The number of anilines is 1. The number of aromatic nitrogens is 3. The Morgan fingerprint density at radius 1 is 1.27 bits per heavy atom. The van der Waals surface area contributed by atoms with Gasteiger partial charge in [0, 0.05) is 38.2 Å². The number of hydrogen-bond donors (Lipinski definition) is 1. The van der Waals surface area contributed by atoms with E-state index >= 15 is 0 Å². The molecule has 1 aliphatic rings. The Labute approximate surface area is 182 Å². The molecule has 1 N–H and O–H groups in total. The van der Waals surface area contributed by atoms with E-state index in [4.69, 9.17) is 0 Å². The molecule has 1 atom stereocenters. The second-order valence-electron chi connectivity index (χ2n) is 8.24. The van der Waals surface area contributed by atoms with E-state index in [1.165, 1.54) is 0 Å². The number of aryl methyl sites for hydroxylation is 2. The van der Waals surface area contributed by atoms with Gasteiger partial charge in [0.05, 0.1) is 5.92 Å². The van der Waals surface area contributed by atoms with Gasteiger partial charge in [0.2, 0.25) is 11.8 Å². The van der Waals surface area contributed by atoms with Gasteiger partial charge in [0.1, 0.15) is 5.82 Å². The summed E-state index contributed by atoms with van der Waals surface area (Å²) in [7, 11) is 0. The van der Waals surface area contributed by atoms with E-state index in [1.807, 2.05) is 37.4 Å². The molecular formula is C22H31N5O2S. The number of nitrogens with one attached hydrogen (secondary N) is 1. The number of nitrogens with zero attached hydrogens (tertiary/aromatic N) is 4. The summed E-state index contributed by atoms with van der Waals surface area (Å²) in [6.45, 7) is 8.27. The van der Waals surface area contributed by atoms with Crippen molar-refractivity contribution in [2.24, 2.45) is 11.8 Å². The Kier molecular flexibility index (Phi) is 7.53. The first kappa shape index (κ1) is 22.3. The van der Waals surface area contributed by atoms with E-state index < -0.39 is 0 Å². The lowest BCUT2D eigenvalue weighted by Gasteiger charge is -2.17. The second kappa shape index (κ2) is 10.1. The van der Waals surface area contributed by atoms with Gasteiger partial charge in [0.25, 0.3) is 0 Å². The number of carbonyl (C=O) groups excluding carboxylic acids is 2. The normalized spacial score (nSPS) is 16.5. The van der Waals surface area contributed by atoms with Crippen molar-refractivity contribution in [1.82, 2.24) is 20.1 Å². The molecule has 3 rings (SSSR count). The maximum absolute atomic E-state index is 12.6. The molecule has 1 unspecified atom stereocenters. The third-order valence-electron chi connectivity index (χ3n) is 5.24. The van der Waals surface area contributed by atoms with Crippen LogP contribution in [0, 0.1) is 18.8 Å². The number of thioether (sulfide) groups is 1. The van der Waals surface area contributed by atoms with E-state index in [0.29, 0.717) is 19.0 Å². The van der Waals surface area contributed by atoms with Gasteiger partial charge in [0.15, 0.2) is 5.16 Å². The third kappa shape index (κ3) is 5.41. The van der Waals surface area contributed by atoms with Gasteiger partial charge in [-0.05, 0) is 37.7 Å². The highest BCUT2D eigenvalue weighted by Gasteiger charge is 2.34. The standard InChI is InChI=1S/C22H31N5O2S/c1-15(2)13-27-19(24-25-22(27)30-4)6-5-11-23-21(29)17-12-20(28)26(14-17)18-9-7-16(3)8-10-18/h7-10,15,17H,5-6,11-14H2,1-4H3,(H,23,29). The fourth-order valence-electron chi connectivity index (χ4n) is 3.66. The van der Waals surface area contributed by atoms with Crippen molar-refractivity contribution in [3.63, 3.8) is 0 Å². The summed E-state index contributed by atoms with van der Waals surface area (Å²) >= 11 is 1.60. The zero-order valence-corrected chi connectivity index (χ0v) is 19.0. The summed E-state index contributed by atoms with van der Waals surface area (Å²) in [4.78, 5) is 26.7. The fraction of sp³-hybridized carbons (Fsp3) is 0.545. The highest BCUT2D eigenvalue weighted by Crippen LogP contribution is 2.25. The van der Waals surface area contributed by atoms with E-state index in [2.05, 4.69) is 33.9 Å². The summed E-state index contributed by atoms with van der Waals surface area (Å²) in [6.07, 6.45) is 3.82. The largest absolute Gasteiger partial charge is 0.356 e. The van der Waals surface area contributed by atoms with Crippen LogP contribution >= 0.6 is 11.8 Å². The number of carbonyl (C=O) groups is 2. The summed E-state index contributed by atoms with van der Waals surface area (Å²) in [6, 6.07) is 7.83. The van der Waals surface area contributed by atoms with Crippen LogP contribution in [0.2, 0.25) is 0 Å². The van der Waals surface area contributed by atoms with Crippen molar-refractivity contribution >= 4 is 29.3 Å². The molecule has 162 valence electrons. The molecule has 2 heterocycles. The maximum atomic E-state index is 12.6. The molecule has 0 spiro atoms. The molecule has 0 radical (unpaired) electrons. The van der Waals surface area contributed by atoms with Crippen molar-refractivity contribution in [2.75, 3.05) is 24.2 Å². The van der Waals surface area contributed by atoms with Crippen LogP contribution in [0.1, 0.15) is 38.1 Å².